The number of carbonyl (C=O) groups excluding carboxylic acids is 1. The summed E-state index contributed by atoms with van der Waals surface area (Å²) < 4.78 is 39.8. The Morgan fingerprint density at radius 2 is 2.08 bits per heavy atom. The van der Waals surface area contributed by atoms with Crippen LogP contribution in [-0.2, 0) is 24.6 Å². The molecule has 9 heteroatoms. The quantitative estimate of drug-likeness (QED) is 0.828. The number of hydrogen-bond donors (Lipinski definition) is 2. The monoisotopic (exact) mass is 356 g/mol. The fraction of sp³-hybridized carbons (Fsp3) is 0.400. The van der Waals surface area contributed by atoms with Crippen LogP contribution in [0.2, 0.25) is 0 Å². The molecule has 1 heterocycles. The maximum atomic E-state index is 12.6. The Bertz CT molecular complexity index is 809. The van der Waals surface area contributed by atoms with E-state index in [0.717, 1.165) is 17.7 Å². The molecule has 2 atom stereocenters. The van der Waals surface area contributed by atoms with E-state index in [1.807, 2.05) is 0 Å². The molecule has 0 unspecified atom stereocenters. The third kappa shape index (κ3) is 3.35. The standard InChI is InChI=1S/C15H15F3N4OS/c1-22-12(20-21-14(22)24)7-19-13(23)11-6-10(11)8-2-4-9(5-3-8)15(16,17)18/h2-5,10-11H,6-7H2,1H3,(H,19,23)(H,21,24)/t10-,11-/m1/s1. The lowest BCUT2D eigenvalue weighted by atomic mass is 10.1. The summed E-state index contributed by atoms with van der Waals surface area (Å²) in [5, 5.41) is 9.41. The zero-order valence-corrected chi connectivity index (χ0v) is 13.5. The number of rotatable bonds is 4. The summed E-state index contributed by atoms with van der Waals surface area (Å²) >= 11 is 4.99. The number of benzene rings is 1. The molecular weight excluding hydrogens is 341 g/mol. The lowest BCUT2D eigenvalue weighted by Gasteiger charge is -2.08. The van der Waals surface area contributed by atoms with Crippen molar-refractivity contribution in [2.24, 2.45) is 13.0 Å². The number of nitrogens with zero attached hydrogens (tertiary/aromatic N) is 2. The molecule has 1 saturated carbocycles. The number of alkyl halides is 3. The van der Waals surface area contributed by atoms with Gasteiger partial charge in [-0.05, 0) is 42.3 Å². The molecule has 2 aromatic rings. The van der Waals surface area contributed by atoms with Gasteiger partial charge in [-0.2, -0.15) is 18.3 Å². The maximum absolute atomic E-state index is 12.6. The van der Waals surface area contributed by atoms with Gasteiger partial charge in [0.05, 0.1) is 12.1 Å². The maximum Gasteiger partial charge on any atom is 0.416 e. The average molecular weight is 356 g/mol. The van der Waals surface area contributed by atoms with Crippen LogP contribution in [0, 0.1) is 10.7 Å². The molecule has 24 heavy (non-hydrogen) atoms. The van der Waals surface area contributed by atoms with E-state index in [2.05, 4.69) is 15.5 Å². The molecule has 0 bridgehead atoms. The topological polar surface area (TPSA) is 62.7 Å². The van der Waals surface area contributed by atoms with E-state index in [1.54, 1.807) is 11.6 Å². The minimum atomic E-state index is -4.35. The first-order valence-electron chi connectivity index (χ1n) is 7.32. The number of aromatic nitrogens is 3. The van der Waals surface area contributed by atoms with Gasteiger partial charge in [-0.15, -0.1) is 0 Å². The molecular formula is C15H15F3N4OS. The Balaban J connectivity index is 1.57. The van der Waals surface area contributed by atoms with E-state index in [0.29, 0.717) is 17.0 Å². The molecule has 0 aliphatic heterocycles. The molecule has 1 amide bonds. The lowest BCUT2D eigenvalue weighted by molar-refractivity contribution is -0.137. The van der Waals surface area contributed by atoms with E-state index in [9.17, 15) is 18.0 Å². The average Bonchev–Trinajstić information content (AvgIpc) is 3.27. The Morgan fingerprint density at radius 3 is 2.62 bits per heavy atom. The highest BCUT2D eigenvalue weighted by Crippen LogP contribution is 2.48. The Morgan fingerprint density at radius 1 is 1.42 bits per heavy atom. The summed E-state index contributed by atoms with van der Waals surface area (Å²) in [5.41, 5.74) is 0.0694. The molecule has 1 aliphatic carbocycles. The van der Waals surface area contributed by atoms with Gasteiger partial charge in [0.2, 0.25) is 5.91 Å². The van der Waals surface area contributed by atoms with E-state index in [-0.39, 0.29) is 24.3 Å². The highest BCUT2D eigenvalue weighted by atomic mass is 32.1. The molecule has 1 aromatic heterocycles. The van der Waals surface area contributed by atoms with Gasteiger partial charge >= 0.3 is 6.18 Å². The third-order valence-corrected chi connectivity index (χ3v) is 4.55. The van der Waals surface area contributed by atoms with Gasteiger partial charge in [0.15, 0.2) is 10.6 Å². The lowest BCUT2D eigenvalue weighted by Crippen LogP contribution is -2.26. The van der Waals surface area contributed by atoms with Crippen LogP contribution in [0.15, 0.2) is 24.3 Å². The van der Waals surface area contributed by atoms with Crippen molar-refractivity contribution >= 4 is 18.1 Å². The van der Waals surface area contributed by atoms with Crippen LogP contribution in [0.4, 0.5) is 13.2 Å². The summed E-state index contributed by atoms with van der Waals surface area (Å²) in [7, 11) is 1.75. The van der Waals surface area contributed by atoms with Crippen LogP contribution in [0.5, 0.6) is 0 Å². The van der Waals surface area contributed by atoms with E-state index in [4.69, 9.17) is 12.2 Å². The zero-order chi connectivity index (χ0) is 17.5. The summed E-state index contributed by atoms with van der Waals surface area (Å²) in [6.07, 6.45) is -3.71. The van der Waals surface area contributed by atoms with Gasteiger partial charge in [-0.1, -0.05) is 12.1 Å². The first-order chi connectivity index (χ1) is 11.3. The number of amides is 1. The van der Waals surface area contributed by atoms with E-state index < -0.39 is 11.7 Å². The highest BCUT2D eigenvalue weighted by Gasteiger charge is 2.44. The number of hydrogen-bond acceptors (Lipinski definition) is 3. The summed E-state index contributed by atoms with van der Waals surface area (Å²) in [4.78, 5) is 12.1. The van der Waals surface area contributed by atoms with Crippen LogP contribution in [0.3, 0.4) is 0 Å². The molecule has 3 rings (SSSR count). The third-order valence-electron chi connectivity index (χ3n) is 4.19. The molecule has 0 spiro atoms. The molecule has 128 valence electrons. The molecule has 2 N–H and O–H groups in total. The van der Waals surface area contributed by atoms with Crippen LogP contribution >= 0.6 is 12.2 Å². The molecule has 0 radical (unpaired) electrons. The van der Waals surface area contributed by atoms with Gasteiger partial charge in [-0.25, -0.2) is 0 Å². The van der Waals surface area contributed by atoms with Crippen LogP contribution < -0.4 is 5.32 Å². The molecule has 0 saturated heterocycles. The number of nitrogens with one attached hydrogen (secondary N) is 2. The summed E-state index contributed by atoms with van der Waals surface area (Å²) in [6.45, 7) is 0.249. The van der Waals surface area contributed by atoms with Crippen molar-refractivity contribution in [2.45, 2.75) is 25.1 Å². The minimum Gasteiger partial charge on any atom is -0.349 e. The predicted molar refractivity (Wildman–Crippen MR) is 82.5 cm³/mol. The van der Waals surface area contributed by atoms with Crippen LogP contribution in [-0.4, -0.2) is 20.7 Å². The van der Waals surface area contributed by atoms with Crippen LogP contribution in [0.25, 0.3) is 0 Å². The zero-order valence-electron chi connectivity index (χ0n) is 12.7. The van der Waals surface area contributed by atoms with Gasteiger partial charge in [0, 0.05) is 13.0 Å². The van der Waals surface area contributed by atoms with Crippen molar-refractivity contribution in [2.75, 3.05) is 0 Å². The van der Waals surface area contributed by atoms with Gasteiger partial charge < -0.3 is 9.88 Å². The SMILES string of the molecule is Cn1c(CNC(=O)[C@@H]2C[C@@H]2c2ccc(C(F)(F)F)cc2)n[nH]c1=S. The first kappa shape index (κ1) is 16.7. The first-order valence-corrected chi connectivity index (χ1v) is 7.73. The van der Waals surface area contributed by atoms with Gasteiger partial charge in [-0.3, -0.25) is 9.89 Å². The minimum absolute atomic E-state index is 0.0327. The highest BCUT2D eigenvalue weighted by molar-refractivity contribution is 7.71. The number of aromatic amines is 1. The Labute approximate surface area is 140 Å². The molecule has 1 fully saturated rings. The van der Waals surface area contributed by atoms with Crippen molar-refractivity contribution < 1.29 is 18.0 Å². The van der Waals surface area contributed by atoms with Crippen molar-refractivity contribution in [1.29, 1.82) is 0 Å². The molecule has 5 nitrogen and oxygen atoms in total. The second kappa shape index (κ2) is 6.04. The second-order valence-electron chi connectivity index (χ2n) is 5.79. The fourth-order valence-corrected chi connectivity index (χ4v) is 2.76. The van der Waals surface area contributed by atoms with Gasteiger partial charge in [0.25, 0.3) is 0 Å². The van der Waals surface area contributed by atoms with Crippen molar-refractivity contribution in [3.05, 3.63) is 46.0 Å². The van der Waals surface area contributed by atoms with Crippen molar-refractivity contribution in [1.82, 2.24) is 20.1 Å². The second-order valence-corrected chi connectivity index (χ2v) is 6.18. The molecule has 1 aliphatic rings. The molecule has 1 aromatic carbocycles. The Kier molecular flexibility index (Phi) is 4.20. The van der Waals surface area contributed by atoms with E-state index in [1.165, 1.54) is 12.1 Å². The summed E-state index contributed by atoms with van der Waals surface area (Å²) in [5.74, 6) is 0.234. The van der Waals surface area contributed by atoms with Crippen molar-refractivity contribution in [3.8, 4) is 0 Å². The number of carbonyl (C=O) groups is 1. The van der Waals surface area contributed by atoms with Gasteiger partial charge in [0.1, 0.15) is 0 Å². The smallest absolute Gasteiger partial charge is 0.349 e. The largest absolute Gasteiger partial charge is 0.416 e. The fourth-order valence-electron chi connectivity index (χ4n) is 2.61. The number of H-pyrrole nitrogens is 1. The predicted octanol–water partition coefficient (Wildman–Crippen LogP) is 2.92. The summed E-state index contributed by atoms with van der Waals surface area (Å²) in [6, 6.07) is 4.99. The van der Waals surface area contributed by atoms with Crippen molar-refractivity contribution in [3.63, 3.8) is 0 Å². The van der Waals surface area contributed by atoms with E-state index >= 15 is 0 Å². The Hall–Kier alpha value is -2.16. The normalized spacial score (nSPS) is 20.0. The van der Waals surface area contributed by atoms with Crippen LogP contribution in [0.1, 0.15) is 29.3 Å². The number of halogens is 3.